The largest absolute Gasteiger partial charge is 0.492 e. The van der Waals surface area contributed by atoms with Crippen LogP contribution in [0.4, 0.5) is 4.39 Å². The first-order chi connectivity index (χ1) is 10.7. The molecular formula is C17H17ClFNO2. The van der Waals surface area contributed by atoms with Crippen molar-refractivity contribution in [1.29, 1.82) is 0 Å². The van der Waals surface area contributed by atoms with Crippen LogP contribution in [0.15, 0.2) is 47.6 Å². The number of oxime groups is 1. The third-order valence-corrected chi connectivity index (χ3v) is 3.41. The molecule has 0 aromatic heterocycles. The first-order valence-corrected chi connectivity index (χ1v) is 7.38. The van der Waals surface area contributed by atoms with Gasteiger partial charge in [-0.05, 0) is 54.7 Å². The van der Waals surface area contributed by atoms with Crippen molar-refractivity contribution in [1.82, 2.24) is 0 Å². The van der Waals surface area contributed by atoms with Gasteiger partial charge >= 0.3 is 0 Å². The summed E-state index contributed by atoms with van der Waals surface area (Å²) in [5.41, 5.74) is 1.89. The van der Waals surface area contributed by atoms with Crippen LogP contribution < -0.4 is 4.74 Å². The zero-order valence-electron chi connectivity index (χ0n) is 12.0. The molecule has 3 nitrogen and oxygen atoms in total. The molecular weight excluding hydrogens is 305 g/mol. The van der Waals surface area contributed by atoms with Gasteiger partial charge in [-0.25, -0.2) is 4.39 Å². The van der Waals surface area contributed by atoms with Gasteiger partial charge in [0, 0.05) is 6.21 Å². The smallest absolute Gasteiger partial charge is 0.137 e. The van der Waals surface area contributed by atoms with Crippen LogP contribution in [0, 0.1) is 5.82 Å². The predicted molar refractivity (Wildman–Crippen MR) is 85.7 cm³/mol. The lowest BCUT2D eigenvalue weighted by Crippen LogP contribution is -1.99. The monoisotopic (exact) mass is 321 g/mol. The van der Waals surface area contributed by atoms with Crippen LogP contribution in [-0.2, 0) is 6.42 Å². The average Bonchev–Trinajstić information content (AvgIpc) is 2.49. The Bertz CT molecular complexity index is 646. The van der Waals surface area contributed by atoms with Gasteiger partial charge < -0.3 is 9.94 Å². The van der Waals surface area contributed by atoms with Gasteiger partial charge in [-0.1, -0.05) is 29.8 Å². The summed E-state index contributed by atoms with van der Waals surface area (Å²) >= 11 is 6.20. The van der Waals surface area contributed by atoms with Crippen LogP contribution in [0.5, 0.6) is 5.75 Å². The Balaban J connectivity index is 1.94. The summed E-state index contributed by atoms with van der Waals surface area (Å²) < 4.78 is 18.7. The molecule has 0 amide bonds. The maximum absolute atomic E-state index is 13.2. The summed E-state index contributed by atoms with van der Waals surface area (Å²) in [5.74, 6) is 0.376. The van der Waals surface area contributed by atoms with E-state index in [0.29, 0.717) is 30.2 Å². The zero-order chi connectivity index (χ0) is 15.8. The van der Waals surface area contributed by atoms with Gasteiger partial charge in [-0.3, -0.25) is 0 Å². The van der Waals surface area contributed by atoms with Gasteiger partial charge in [0.2, 0.25) is 0 Å². The number of halogens is 2. The molecule has 2 aromatic carbocycles. The van der Waals surface area contributed by atoms with Crippen molar-refractivity contribution in [3.05, 3.63) is 64.4 Å². The Morgan fingerprint density at radius 2 is 2.00 bits per heavy atom. The molecule has 0 bridgehead atoms. The molecule has 0 saturated carbocycles. The van der Waals surface area contributed by atoms with Crippen molar-refractivity contribution in [3.63, 3.8) is 0 Å². The highest BCUT2D eigenvalue weighted by Crippen LogP contribution is 2.26. The number of rotatable bonds is 7. The van der Waals surface area contributed by atoms with Gasteiger partial charge in [-0.2, -0.15) is 0 Å². The van der Waals surface area contributed by atoms with Gasteiger partial charge in [0.05, 0.1) is 11.6 Å². The first-order valence-electron chi connectivity index (χ1n) is 7.00. The lowest BCUT2D eigenvalue weighted by atomic mass is 10.0. The highest BCUT2D eigenvalue weighted by Gasteiger charge is 2.04. The van der Waals surface area contributed by atoms with Crippen molar-refractivity contribution < 1.29 is 14.3 Å². The van der Waals surface area contributed by atoms with E-state index in [0.717, 1.165) is 17.5 Å². The topological polar surface area (TPSA) is 41.8 Å². The fourth-order valence-electron chi connectivity index (χ4n) is 2.07. The fourth-order valence-corrected chi connectivity index (χ4v) is 2.33. The van der Waals surface area contributed by atoms with Crippen LogP contribution in [-0.4, -0.2) is 18.0 Å². The Kier molecular flexibility index (Phi) is 6.22. The third kappa shape index (κ3) is 5.04. The molecule has 5 heteroatoms. The second kappa shape index (κ2) is 8.39. The van der Waals surface area contributed by atoms with Crippen molar-refractivity contribution >= 4 is 17.8 Å². The van der Waals surface area contributed by atoms with Gasteiger partial charge in [0.25, 0.3) is 0 Å². The number of unbranched alkanes of at least 4 members (excludes halogenated alkanes) is 1. The van der Waals surface area contributed by atoms with E-state index in [1.54, 1.807) is 6.07 Å². The Hall–Kier alpha value is -2.07. The van der Waals surface area contributed by atoms with Crippen LogP contribution in [0.25, 0.3) is 0 Å². The summed E-state index contributed by atoms with van der Waals surface area (Å²) in [5, 5.41) is 11.7. The molecule has 0 spiro atoms. The summed E-state index contributed by atoms with van der Waals surface area (Å²) in [7, 11) is 0. The minimum atomic E-state index is -0.241. The van der Waals surface area contributed by atoms with Crippen LogP contribution in [0.3, 0.4) is 0 Å². The Morgan fingerprint density at radius 1 is 1.18 bits per heavy atom. The molecule has 0 saturated heterocycles. The molecule has 116 valence electrons. The molecule has 0 heterocycles. The summed E-state index contributed by atoms with van der Waals surface area (Å²) in [6, 6.07) is 12.1. The van der Waals surface area contributed by atoms with E-state index < -0.39 is 0 Å². The number of hydrogen-bond acceptors (Lipinski definition) is 3. The molecule has 0 fully saturated rings. The minimum Gasteiger partial charge on any atom is -0.492 e. The van der Waals surface area contributed by atoms with E-state index in [2.05, 4.69) is 5.16 Å². The molecule has 0 unspecified atom stereocenters. The third-order valence-electron chi connectivity index (χ3n) is 3.11. The number of hydrogen-bond donors (Lipinski definition) is 1. The van der Waals surface area contributed by atoms with Gasteiger partial charge in [-0.15, -0.1) is 5.16 Å². The molecule has 0 aliphatic rings. The van der Waals surface area contributed by atoms with Crippen LogP contribution in [0.1, 0.15) is 24.0 Å². The zero-order valence-corrected chi connectivity index (χ0v) is 12.8. The maximum atomic E-state index is 13.2. The molecule has 22 heavy (non-hydrogen) atoms. The lowest BCUT2D eigenvalue weighted by molar-refractivity contribution is 0.308. The summed E-state index contributed by atoms with van der Waals surface area (Å²) in [6.45, 7) is 0.495. The number of ether oxygens (including phenoxy) is 1. The lowest BCUT2D eigenvalue weighted by Gasteiger charge is -2.09. The second-order valence-corrected chi connectivity index (χ2v) is 5.27. The van der Waals surface area contributed by atoms with Crippen molar-refractivity contribution in [2.45, 2.75) is 19.3 Å². The van der Waals surface area contributed by atoms with E-state index in [4.69, 9.17) is 21.5 Å². The normalized spacial score (nSPS) is 11.0. The summed E-state index contributed by atoms with van der Waals surface area (Å²) in [4.78, 5) is 0. The SMILES string of the molecule is ON=CCCCOc1ccc(Cc2cccc(F)c2)cc1Cl. The Morgan fingerprint density at radius 3 is 2.73 bits per heavy atom. The molecule has 1 N–H and O–H groups in total. The van der Waals surface area contributed by atoms with Gasteiger partial charge in [0.1, 0.15) is 11.6 Å². The first kappa shape index (κ1) is 16.3. The minimum absolute atomic E-state index is 0.241. The molecule has 0 atom stereocenters. The summed E-state index contributed by atoms with van der Waals surface area (Å²) in [6.07, 6.45) is 3.43. The highest BCUT2D eigenvalue weighted by atomic mass is 35.5. The van der Waals surface area contributed by atoms with E-state index in [9.17, 15) is 4.39 Å². The number of benzene rings is 2. The fraction of sp³-hybridized carbons (Fsp3) is 0.235. The molecule has 0 radical (unpaired) electrons. The van der Waals surface area contributed by atoms with E-state index in [-0.39, 0.29) is 5.82 Å². The Labute approximate surface area is 134 Å². The predicted octanol–water partition coefficient (Wildman–Crippen LogP) is 4.69. The second-order valence-electron chi connectivity index (χ2n) is 4.86. The standard InChI is InChI=1S/C17H17ClFNO2/c18-16-12-14(10-13-4-3-5-15(19)11-13)6-7-17(16)22-9-2-1-8-20-21/h3-8,11-12,21H,1-2,9-10H2. The van der Waals surface area contributed by atoms with Gasteiger partial charge in [0.15, 0.2) is 0 Å². The van der Waals surface area contributed by atoms with Crippen molar-refractivity contribution in [3.8, 4) is 5.75 Å². The molecule has 0 aliphatic carbocycles. The van der Waals surface area contributed by atoms with Crippen LogP contribution >= 0.6 is 11.6 Å². The molecule has 2 rings (SSSR count). The van der Waals surface area contributed by atoms with E-state index in [1.807, 2.05) is 24.3 Å². The highest BCUT2D eigenvalue weighted by molar-refractivity contribution is 6.32. The average molecular weight is 322 g/mol. The van der Waals surface area contributed by atoms with Crippen LogP contribution in [0.2, 0.25) is 5.02 Å². The van der Waals surface area contributed by atoms with Crippen molar-refractivity contribution in [2.24, 2.45) is 5.16 Å². The molecule has 0 aliphatic heterocycles. The number of nitrogens with zero attached hydrogens (tertiary/aromatic N) is 1. The van der Waals surface area contributed by atoms with E-state index in [1.165, 1.54) is 18.3 Å². The van der Waals surface area contributed by atoms with E-state index >= 15 is 0 Å². The molecule has 2 aromatic rings. The maximum Gasteiger partial charge on any atom is 0.137 e. The van der Waals surface area contributed by atoms with Crippen molar-refractivity contribution in [2.75, 3.05) is 6.61 Å². The quantitative estimate of drug-likeness (QED) is 0.348.